The van der Waals surface area contributed by atoms with Gasteiger partial charge in [-0.2, -0.15) is 5.26 Å². The Bertz CT molecular complexity index is 1160. The average molecular weight is 403 g/mol. The van der Waals surface area contributed by atoms with E-state index in [2.05, 4.69) is 21.3 Å². The van der Waals surface area contributed by atoms with Gasteiger partial charge in [-0.3, -0.25) is 4.98 Å². The maximum absolute atomic E-state index is 14.1. The third-order valence-corrected chi connectivity index (χ3v) is 5.90. The molecular weight excluding hydrogens is 381 g/mol. The highest BCUT2D eigenvalue weighted by atomic mass is 19.1. The molecule has 0 amide bonds. The minimum absolute atomic E-state index is 0.0117. The molecule has 7 heteroatoms. The van der Waals surface area contributed by atoms with Crippen molar-refractivity contribution in [1.82, 2.24) is 9.97 Å². The number of ether oxygens (including phenoxy) is 1. The van der Waals surface area contributed by atoms with Crippen molar-refractivity contribution in [2.24, 2.45) is 0 Å². The van der Waals surface area contributed by atoms with E-state index in [1.54, 1.807) is 18.3 Å². The lowest BCUT2D eigenvalue weighted by atomic mass is 10.0. The number of nitriles is 1. The summed E-state index contributed by atoms with van der Waals surface area (Å²) < 4.78 is 20.2. The largest absolute Gasteiger partial charge is 0.493 e. The van der Waals surface area contributed by atoms with Gasteiger partial charge in [-0.05, 0) is 50.1 Å². The Balaban J connectivity index is 1.71. The molecular formula is C23H22FN5O. The summed E-state index contributed by atoms with van der Waals surface area (Å²) in [5.41, 5.74) is 3.45. The Hall–Kier alpha value is -3.40. The zero-order chi connectivity index (χ0) is 20.7. The molecule has 3 aromatic rings. The van der Waals surface area contributed by atoms with Gasteiger partial charge in [0.25, 0.3) is 0 Å². The molecule has 0 unspecified atom stereocenters. The lowest BCUT2D eigenvalue weighted by Crippen LogP contribution is -2.24. The third kappa shape index (κ3) is 3.18. The van der Waals surface area contributed by atoms with E-state index in [9.17, 15) is 9.65 Å². The van der Waals surface area contributed by atoms with Gasteiger partial charge in [0, 0.05) is 30.8 Å². The summed E-state index contributed by atoms with van der Waals surface area (Å²) in [5, 5.41) is 13.1. The molecule has 2 atom stereocenters. The summed E-state index contributed by atoms with van der Waals surface area (Å²) in [4.78, 5) is 11.5. The predicted molar refractivity (Wildman–Crippen MR) is 113 cm³/mol. The number of hydrogen-bond donors (Lipinski definition) is 1. The lowest BCUT2D eigenvalue weighted by Gasteiger charge is -2.27. The fourth-order valence-electron chi connectivity index (χ4n) is 4.39. The first-order valence-electron chi connectivity index (χ1n) is 10.3. The molecule has 1 fully saturated rings. The van der Waals surface area contributed by atoms with Gasteiger partial charge in [0.2, 0.25) is 0 Å². The van der Waals surface area contributed by atoms with Gasteiger partial charge in [-0.1, -0.05) is 0 Å². The van der Waals surface area contributed by atoms with Gasteiger partial charge < -0.3 is 15.0 Å². The van der Waals surface area contributed by atoms with Crippen molar-refractivity contribution in [1.29, 1.82) is 5.26 Å². The molecule has 30 heavy (non-hydrogen) atoms. The van der Waals surface area contributed by atoms with E-state index in [0.717, 1.165) is 48.5 Å². The summed E-state index contributed by atoms with van der Waals surface area (Å²) in [7, 11) is 0. The first kappa shape index (κ1) is 18.6. The normalized spacial score (nSPS) is 20.8. The van der Waals surface area contributed by atoms with Gasteiger partial charge in [0.1, 0.15) is 29.0 Å². The summed E-state index contributed by atoms with van der Waals surface area (Å²) in [5.74, 6) is 1.25. The molecule has 0 aliphatic carbocycles. The summed E-state index contributed by atoms with van der Waals surface area (Å²) in [6.07, 6.45) is 4.20. The molecule has 2 bridgehead atoms. The van der Waals surface area contributed by atoms with Crippen LogP contribution in [0.15, 0.2) is 36.5 Å². The van der Waals surface area contributed by atoms with Crippen LogP contribution in [0.1, 0.15) is 43.4 Å². The predicted octanol–water partition coefficient (Wildman–Crippen LogP) is 4.56. The fourth-order valence-corrected chi connectivity index (χ4v) is 4.39. The molecule has 0 spiro atoms. The monoisotopic (exact) mass is 403 g/mol. The number of fused-ring (bicyclic) bond motifs is 5. The average Bonchev–Trinajstić information content (AvgIpc) is 3.24. The fraction of sp³-hybridized carbons (Fsp3) is 0.348. The Morgan fingerprint density at radius 1 is 1.27 bits per heavy atom. The summed E-state index contributed by atoms with van der Waals surface area (Å²) in [6.45, 7) is 3.36. The second kappa shape index (κ2) is 7.45. The van der Waals surface area contributed by atoms with E-state index >= 15 is 0 Å². The molecule has 0 radical (unpaired) electrons. The molecule has 6 nitrogen and oxygen atoms in total. The number of aromatic nitrogens is 2. The quantitative estimate of drug-likeness (QED) is 0.593. The standard InChI is InChI=1S/C23H22FN5O/c1-14-8-10-30-20-6-4-16(24)11-17(20)19-3-2-9-29(19)21-7-5-18-23(28-21)22(27-14)15(12-25)13-26-18/h4-7,11,13-14,19,27H,2-3,8-10H2,1H3/t14-,19-/m1/s1. The summed E-state index contributed by atoms with van der Waals surface area (Å²) in [6, 6.07) is 10.9. The van der Waals surface area contributed by atoms with E-state index in [-0.39, 0.29) is 17.9 Å². The minimum atomic E-state index is -0.264. The number of rotatable bonds is 0. The molecule has 2 aromatic heterocycles. The van der Waals surface area contributed by atoms with E-state index in [1.807, 2.05) is 19.1 Å². The number of anilines is 2. The Morgan fingerprint density at radius 2 is 2.17 bits per heavy atom. The molecule has 2 aliphatic rings. The van der Waals surface area contributed by atoms with Gasteiger partial charge in [0.15, 0.2) is 0 Å². The zero-order valence-electron chi connectivity index (χ0n) is 16.7. The molecule has 4 heterocycles. The maximum Gasteiger partial charge on any atom is 0.129 e. The van der Waals surface area contributed by atoms with Crippen molar-refractivity contribution in [3.63, 3.8) is 0 Å². The second-order valence-electron chi connectivity index (χ2n) is 7.91. The van der Waals surface area contributed by atoms with Crippen LogP contribution in [0.3, 0.4) is 0 Å². The lowest BCUT2D eigenvalue weighted by molar-refractivity contribution is 0.299. The number of nitrogens with one attached hydrogen (secondary N) is 1. The maximum atomic E-state index is 14.1. The number of pyridine rings is 2. The molecule has 1 N–H and O–H groups in total. The van der Waals surface area contributed by atoms with Crippen LogP contribution in [0, 0.1) is 17.1 Å². The molecule has 2 aliphatic heterocycles. The topological polar surface area (TPSA) is 74.1 Å². The van der Waals surface area contributed by atoms with Crippen molar-refractivity contribution < 1.29 is 9.13 Å². The molecule has 0 saturated carbocycles. The van der Waals surface area contributed by atoms with Crippen LogP contribution < -0.4 is 15.0 Å². The van der Waals surface area contributed by atoms with Crippen molar-refractivity contribution in [2.45, 2.75) is 38.3 Å². The van der Waals surface area contributed by atoms with Gasteiger partial charge in [-0.25, -0.2) is 9.37 Å². The third-order valence-electron chi connectivity index (χ3n) is 5.90. The van der Waals surface area contributed by atoms with Crippen molar-refractivity contribution >= 4 is 22.5 Å². The van der Waals surface area contributed by atoms with Crippen molar-refractivity contribution in [2.75, 3.05) is 23.4 Å². The summed E-state index contributed by atoms with van der Waals surface area (Å²) >= 11 is 0. The van der Waals surface area contributed by atoms with Crippen molar-refractivity contribution in [3.8, 4) is 11.8 Å². The Labute approximate surface area is 174 Å². The van der Waals surface area contributed by atoms with Crippen LogP contribution in [0.4, 0.5) is 15.9 Å². The highest BCUT2D eigenvalue weighted by Gasteiger charge is 2.30. The highest BCUT2D eigenvalue weighted by Crippen LogP contribution is 2.40. The van der Waals surface area contributed by atoms with Crippen LogP contribution in [-0.2, 0) is 0 Å². The van der Waals surface area contributed by atoms with Crippen LogP contribution in [0.2, 0.25) is 0 Å². The van der Waals surface area contributed by atoms with E-state index < -0.39 is 0 Å². The molecule has 1 aromatic carbocycles. The van der Waals surface area contributed by atoms with E-state index in [0.29, 0.717) is 23.4 Å². The minimum Gasteiger partial charge on any atom is -0.493 e. The van der Waals surface area contributed by atoms with Crippen LogP contribution in [0.5, 0.6) is 5.75 Å². The van der Waals surface area contributed by atoms with Gasteiger partial charge >= 0.3 is 0 Å². The van der Waals surface area contributed by atoms with Crippen LogP contribution in [-0.4, -0.2) is 29.2 Å². The Morgan fingerprint density at radius 3 is 3.03 bits per heavy atom. The molecule has 1 saturated heterocycles. The van der Waals surface area contributed by atoms with Gasteiger partial charge in [0.05, 0.1) is 29.4 Å². The highest BCUT2D eigenvalue weighted by molar-refractivity contribution is 5.91. The number of halogens is 1. The zero-order valence-corrected chi connectivity index (χ0v) is 16.7. The number of benzene rings is 1. The number of hydrogen-bond acceptors (Lipinski definition) is 6. The van der Waals surface area contributed by atoms with Gasteiger partial charge in [-0.15, -0.1) is 0 Å². The smallest absolute Gasteiger partial charge is 0.129 e. The first-order valence-corrected chi connectivity index (χ1v) is 10.3. The SMILES string of the molecule is C[C@@H]1CCOc2ccc(F)cc2[C@H]2CCCN2c2ccc3ncc(C#N)c(c3n2)N1. The van der Waals surface area contributed by atoms with Crippen LogP contribution >= 0.6 is 0 Å². The van der Waals surface area contributed by atoms with E-state index in [4.69, 9.17) is 9.72 Å². The van der Waals surface area contributed by atoms with Crippen molar-refractivity contribution in [3.05, 3.63) is 53.5 Å². The molecule has 152 valence electrons. The number of nitrogens with zero attached hydrogens (tertiary/aromatic N) is 4. The molecule has 5 rings (SSSR count). The van der Waals surface area contributed by atoms with E-state index in [1.165, 1.54) is 6.07 Å². The first-order chi connectivity index (χ1) is 14.6. The second-order valence-corrected chi connectivity index (χ2v) is 7.91. The Kier molecular flexibility index (Phi) is 4.62. The van der Waals surface area contributed by atoms with Crippen LogP contribution in [0.25, 0.3) is 11.0 Å².